The van der Waals surface area contributed by atoms with E-state index in [1.54, 1.807) is 0 Å². The summed E-state index contributed by atoms with van der Waals surface area (Å²) in [7, 11) is -5.26. The molecule has 1 N–H and O–H groups in total. The van der Waals surface area contributed by atoms with Gasteiger partial charge in [0.15, 0.2) is 0 Å². The van der Waals surface area contributed by atoms with E-state index in [-0.39, 0.29) is 11.3 Å². The number of hydrogen-bond donors (Lipinski definition) is 1. The molecule has 0 unspecified atom stereocenters. The Bertz CT molecular complexity index is 1320. The van der Waals surface area contributed by atoms with Crippen LogP contribution in [0.25, 0.3) is 0 Å². The maximum atomic E-state index is 14.4. The maximum Gasteiger partial charge on any atom is 0.513 e. The Kier molecular flexibility index (Phi) is 9.05. The third-order valence-corrected chi connectivity index (χ3v) is 6.16. The quantitative estimate of drug-likeness (QED) is 0.101. The van der Waals surface area contributed by atoms with E-state index in [4.69, 9.17) is 13.8 Å². The minimum Gasteiger partial charge on any atom is -0.462 e. The molecule has 204 valence electrons. The highest BCUT2D eigenvalue weighted by molar-refractivity contribution is 7.52. The van der Waals surface area contributed by atoms with Gasteiger partial charge >= 0.3 is 13.7 Å². The summed E-state index contributed by atoms with van der Waals surface area (Å²) in [6.07, 6.45) is -1.37. The zero-order valence-corrected chi connectivity index (χ0v) is 20.5. The molecule has 0 fully saturated rings. The lowest BCUT2D eigenvalue weighted by atomic mass is 10.1. The molecule has 0 heterocycles. The van der Waals surface area contributed by atoms with Crippen molar-refractivity contribution in [3.05, 3.63) is 94.8 Å². The van der Waals surface area contributed by atoms with Crippen molar-refractivity contribution >= 4 is 13.7 Å². The monoisotopic (exact) mass is 565 g/mol. The van der Waals surface area contributed by atoms with E-state index in [0.29, 0.717) is 6.07 Å². The first-order valence-electron chi connectivity index (χ1n) is 10.8. The van der Waals surface area contributed by atoms with Crippen LogP contribution in [0.2, 0.25) is 0 Å². The number of nitrogens with one attached hydrogen (secondary N) is 1. The largest absolute Gasteiger partial charge is 0.513 e. The number of benzene rings is 3. The Morgan fingerprint density at radius 3 is 1.87 bits per heavy atom. The number of hydrogen-bond acceptors (Lipinski definition) is 5. The average molecular weight is 565 g/mol. The van der Waals surface area contributed by atoms with E-state index in [2.05, 4.69) is 0 Å². The Morgan fingerprint density at radius 2 is 1.34 bits per heavy atom. The van der Waals surface area contributed by atoms with Gasteiger partial charge in [0.2, 0.25) is 34.8 Å². The molecule has 0 radical (unpaired) electrons. The highest BCUT2D eigenvalue weighted by atomic mass is 31.2. The number of carbonyl (C=O) groups is 1. The summed E-state index contributed by atoms with van der Waals surface area (Å²) in [5.41, 5.74) is -0.150. The van der Waals surface area contributed by atoms with E-state index < -0.39 is 78.8 Å². The van der Waals surface area contributed by atoms with Crippen molar-refractivity contribution < 1.29 is 53.9 Å². The van der Waals surface area contributed by atoms with Gasteiger partial charge in [-0.3, -0.25) is 4.79 Å². The van der Waals surface area contributed by atoms with Crippen molar-refractivity contribution in [3.8, 4) is 11.5 Å². The summed E-state index contributed by atoms with van der Waals surface area (Å²) in [5, 5.41) is 2.05. The predicted molar refractivity (Wildman–Crippen MR) is 120 cm³/mol. The smallest absolute Gasteiger partial charge is 0.462 e. The molecule has 0 aromatic heterocycles. The van der Waals surface area contributed by atoms with Crippen LogP contribution in [0.1, 0.15) is 19.4 Å². The molecular formula is C24H19F7NO5P. The number of rotatable bonds is 10. The zero-order chi connectivity index (χ0) is 28.2. The summed E-state index contributed by atoms with van der Waals surface area (Å²) in [4.78, 5) is 12.8. The molecule has 0 bridgehead atoms. The SMILES string of the molecule is CC(C)OC(=O)[C@H](Cc1cc(F)cc(F)c1)N[P@](=O)(Oc1ccccc1)Oc1c(F)c(F)c(F)c(F)c1F. The van der Waals surface area contributed by atoms with E-state index in [0.717, 1.165) is 12.1 Å². The van der Waals surface area contributed by atoms with Crippen LogP contribution >= 0.6 is 7.75 Å². The highest BCUT2D eigenvalue weighted by Crippen LogP contribution is 2.48. The van der Waals surface area contributed by atoms with Gasteiger partial charge in [0, 0.05) is 6.07 Å². The lowest BCUT2D eigenvalue weighted by Crippen LogP contribution is -2.41. The number of carbonyl (C=O) groups excluding carboxylic acids is 1. The van der Waals surface area contributed by atoms with Crippen LogP contribution in [0.15, 0.2) is 48.5 Å². The molecule has 3 aromatic carbocycles. The first kappa shape index (κ1) is 29.0. The van der Waals surface area contributed by atoms with Gasteiger partial charge in [-0.1, -0.05) is 18.2 Å². The lowest BCUT2D eigenvalue weighted by molar-refractivity contribution is -0.149. The highest BCUT2D eigenvalue weighted by Gasteiger charge is 2.40. The topological polar surface area (TPSA) is 73.9 Å². The van der Waals surface area contributed by atoms with Crippen LogP contribution in [-0.4, -0.2) is 18.1 Å². The molecule has 0 spiro atoms. The van der Waals surface area contributed by atoms with Crippen molar-refractivity contribution in [1.82, 2.24) is 5.09 Å². The summed E-state index contributed by atoms with van der Waals surface area (Å²) >= 11 is 0. The molecule has 3 rings (SSSR count). The number of halogens is 7. The van der Waals surface area contributed by atoms with Crippen molar-refractivity contribution in [1.29, 1.82) is 0 Å². The van der Waals surface area contributed by atoms with Gasteiger partial charge in [0.05, 0.1) is 6.10 Å². The second kappa shape index (κ2) is 11.9. The Morgan fingerprint density at radius 1 is 0.816 bits per heavy atom. The average Bonchev–Trinajstić information content (AvgIpc) is 2.83. The van der Waals surface area contributed by atoms with Crippen LogP contribution in [0.5, 0.6) is 11.5 Å². The first-order valence-corrected chi connectivity index (χ1v) is 12.3. The summed E-state index contributed by atoms with van der Waals surface area (Å²) < 4.78 is 126. The lowest BCUT2D eigenvalue weighted by Gasteiger charge is -2.26. The van der Waals surface area contributed by atoms with E-state index in [1.807, 2.05) is 5.09 Å². The fourth-order valence-corrected chi connectivity index (χ4v) is 4.65. The Hall–Kier alpha value is -3.57. The summed E-state index contributed by atoms with van der Waals surface area (Å²) in [6, 6.07) is 7.12. The predicted octanol–water partition coefficient (Wildman–Crippen LogP) is 6.38. The Balaban J connectivity index is 2.08. The van der Waals surface area contributed by atoms with Crippen LogP contribution < -0.4 is 14.1 Å². The number of esters is 1. The van der Waals surface area contributed by atoms with Crippen LogP contribution in [-0.2, 0) is 20.5 Å². The van der Waals surface area contributed by atoms with Gasteiger partial charge in [0.25, 0.3) is 0 Å². The number of para-hydroxylation sites is 1. The van der Waals surface area contributed by atoms with Gasteiger partial charge in [-0.25, -0.2) is 26.5 Å². The van der Waals surface area contributed by atoms with Crippen molar-refractivity contribution in [2.24, 2.45) is 0 Å². The molecule has 0 aliphatic heterocycles. The Labute approximate surface area is 211 Å². The second-order valence-electron chi connectivity index (χ2n) is 8.04. The van der Waals surface area contributed by atoms with Crippen molar-refractivity contribution in [3.63, 3.8) is 0 Å². The summed E-state index contributed by atoms with van der Waals surface area (Å²) in [5.74, 6) is -17.6. The third-order valence-electron chi connectivity index (χ3n) is 4.66. The van der Waals surface area contributed by atoms with Crippen LogP contribution in [0.3, 0.4) is 0 Å². The molecule has 0 aliphatic rings. The molecule has 0 aliphatic carbocycles. The first-order chi connectivity index (χ1) is 17.8. The van der Waals surface area contributed by atoms with E-state index in [9.17, 15) is 40.1 Å². The van der Waals surface area contributed by atoms with E-state index >= 15 is 0 Å². The zero-order valence-electron chi connectivity index (χ0n) is 19.6. The van der Waals surface area contributed by atoms with Gasteiger partial charge < -0.3 is 13.8 Å². The normalized spacial score (nSPS) is 13.6. The molecule has 3 aromatic rings. The van der Waals surface area contributed by atoms with Crippen molar-refractivity contribution in [2.75, 3.05) is 0 Å². The third kappa shape index (κ3) is 7.05. The van der Waals surface area contributed by atoms with Gasteiger partial charge in [-0.05, 0) is 50.1 Å². The van der Waals surface area contributed by atoms with Crippen LogP contribution in [0, 0.1) is 40.7 Å². The molecule has 6 nitrogen and oxygen atoms in total. The minimum atomic E-state index is -5.26. The molecular weight excluding hydrogens is 546 g/mol. The molecule has 2 atom stereocenters. The van der Waals surface area contributed by atoms with E-state index in [1.165, 1.54) is 44.2 Å². The van der Waals surface area contributed by atoms with Gasteiger partial charge in [0.1, 0.15) is 23.4 Å². The maximum absolute atomic E-state index is 14.4. The van der Waals surface area contributed by atoms with Gasteiger partial charge in [-0.15, -0.1) is 0 Å². The second-order valence-corrected chi connectivity index (χ2v) is 9.66. The molecule has 0 amide bonds. The van der Waals surface area contributed by atoms with Crippen LogP contribution in [0.4, 0.5) is 30.7 Å². The molecule has 14 heteroatoms. The molecule has 0 saturated carbocycles. The number of ether oxygens (including phenoxy) is 1. The molecule has 0 saturated heterocycles. The fourth-order valence-electron chi connectivity index (χ4n) is 3.13. The summed E-state index contributed by atoms with van der Waals surface area (Å²) in [6.45, 7) is 2.89. The van der Waals surface area contributed by atoms with Crippen molar-refractivity contribution in [2.45, 2.75) is 32.4 Å². The minimum absolute atomic E-state index is 0.150. The van der Waals surface area contributed by atoms with Gasteiger partial charge in [-0.2, -0.15) is 13.9 Å². The fraction of sp³-hybridized carbons (Fsp3) is 0.208. The molecule has 38 heavy (non-hydrogen) atoms. The standard InChI is InChI=1S/C24H19F7NO5P/c1-12(2)35-24(33)17(10-13-8-14(25)11-15(26)9-13)32-38(34,36-16-6-4-3-5-7-16)37-23-21(30)19(28)18(27)20(29)22(23)31/h3-9,11-12,17H,10H2,1-2H3,(H,32,34)/t17-,38-/m0/s1.